The Morgan fingerprint density at radius 1 is 1.13 bits per heavy atom. The van der Waals surface area contributed by atoms with Crippen LogP contribution in [0.2, 0.25) is 3.71 Å². The maximum atomic E-state index is 13.6. The van der Waals surface area contributed by atoms with Crippen molar-refractivity contribution in [2.45, 2.75) is 36.0 Å². The van der Waals surface area contributed by atoms with Crippen LogP contribution in [0.3, 0.4) is 0 Å². The van der Waals surface area contributed by atoms with E-state index in [1.807, 2.05) is 50.2 Å². The van der Waals surface area contributed by atoms with Gasteiger partial charge in [-0.15, -0.1) is 0 Å². The van der Waals surface area contributed by atoms with E-state index in [1.165, 1.54) is 8.92 Å². The van der Waals surface area contributed by atoms with Gasteiger partial charge >= 0.3 is 192 Å². The van der Waals surface area contributed by atoms with E-state index < -0.39 is 16.9 Å². The van der Waals surface area contributed by atoms with Gasteiger partial charge in [-0.1, -0.05) is 0 Å². The molecule has 2 aromatic carbocycles. The van der Waals surface area contributed by atoms with Gasteiger partial charge in [-0.05, 0) is 0 Å². The Morgan fingerprint density at radius 3 is 2.10 bits per heavy atom. The van der Waals surface area contributed by atoms with Gasteiger partial charge in [0.05, 0.1) is 0 Å². The van der Waals surface area contributed by atoms with Gasteiger partial charge in [-0.2, -0.15) is 0 Å². The minimum atomic E-state index is -0.860. The van der Waals surface area contributed by atoms with E-state index in [9.17, 15) is 10.1 Å². The monoisotopic (exact) mass is 537 g/mol. The SMILES string of the molecule is CCOC(=O)[C@]1(C([Se]c2ccccc2)[Se]c2ccccc2)C[C@](C)(OC)C[C@H]1C#N. The number of methoxy groups -OCH3 is 1. The molecule has 30 heavy (non-hydrogen) atoms. The third-order valence-electron chi connectivity index (χ3n) is 5.62. The van der Waals surface area contributed by atoms with E-state index in [0.717, 1.165) is 0 Å². The molecule has 158 valence electrons. The fraction of sp³-hybridized carbons (Fsp3) is 0.417. The Morgan fingerprint density at radius 2 is 1.67 bits per heavy atom. The van der Waals surface area contributed by atoms with Crippen LogP contribution in [0.1, 0.15) is 26.7 Å². The van der Waals surface area contributed by atoms with Crippen molar-refractivity contribution in [3.05, 3.63) is 60.7 Å². The molecule has 0 spiro atoms. The van der Waals surface area contributed by atoms with Crippen LogP contribution in [0.25, 0.3) is 0 Å². The van der Waals surface area contributed by atoms with Crippen molar-refractivity contribution < 1.29 is 14.3 Å². The molecule has 1 aliphatic rings. The minimum absolute atomic E-state index is 0.0119. The summed E-state index contributed by atoms with van der Waals surface area (Å²) in [7, 11) is 1.68. The molecule has 4 nitrogen and oxygen atoms in total. The normalized spacial score (nSPS) is 25.8. The molecule has 3 rings (SSSR count). The number of esters is 1. The average Bonchev–Trinajstić information content (AvgIpc) is 3.09. The van der Waals surface area contributed by atoms with Crippen LogP contribution >= 0.6 is 0 Å². The van der Waals surface area contributed by atoms with E-state index in [-0.39, 0.29) is 39.6 Å². The number of carbonyl (C=O) groups excluding carboxylic acids is 1. The Bertz CT molecular complexity index is 845. The zero-order valence-electron chi connectivity index (χ0n) is 17.5. The quantitative estimate of drug-likeness (QED) is 0.386. The number of nitriles is 1. The van der Waals surface area contributed by atoms with Gasteiger partial charge in [0.25, 0.3) is 0 Å². The third-order valence-corrected chi connectivity index (χ3v) is 12.7. The predicted octanol–water partition coefficient (Wildman–Crippen LogP) is 2.68. The summed E-state index contributed by atoms with van der Waals surface area (Å²) in [4.78, 5) is 13.6. The van der Waals surface area contributed by atoms with Gasteiger partial charge in [0.15, 0.2) is 0 Å². The summed E-state index contributed by atoms with van der Waals surface area (Å²) in [6.45, 7) is 4.16. The van der Waals surface area contributed by atoms with Crippen molar-refractivity contribution in [3.8, 4) is 6.07 Å². The fourth-order valence-electron chi connectivity index (χ4n) is 4.05. The molecule has 2 aromatic rings. The molecule has 0 aliphatic heterocycles. The number of hydrogen-bond donors (Lipinski definition) is 0. The van der Waals surface area contributed by atoms with Gasteiger partial charge in [0.1, 0.15) is 0 Å². The van der Waals surface area contributed by atoms with Crippen LogP contribution in [-0.2, 0) is 14.3 Å². The number of rotatable bonds is 8. The van der Waals surface area contributed by atoms with E-state index in [0.29, 0.717) is 19.4 Å². The summed E-state index contributed by atoms with van der Waals surface area (Å²) in [6, 6.07) is 23.1. The second-order valence-corrected chi connectivity index (χ2v) is 14.1. The summed E-state index contributed by atoms with van der Waals surface area (Å²) in [5.74, 6) is -0.666. The first-order chi connectivity index (χ1) is 14.5. The van der Waals surface area contributed by atoms with Crippen LogP contribution < -0.4 is 8.92 Å². The molecule has 0 N–H and O–H groups in total. The van der Waals surface area contributed by atoms with E-state index in [2.05, 4.69) is 30.3 Å². The predicted molar refractivity (Wildman–Crippen MR) is 120 cm³/mol. The van der Waals surface area contributed by atoms with Gasteiger partial charge in [-0.3, -0.25) is 0 Å². The van der Waals surface area contributed by atoms with Crippen molar-refractivity contribution in [1.82, 2.24) is 0 Å². The molecule has 0 radical (unpaired) electrons. The molecule has 0 unspecified atom stereocenters. The molecule has 1 aliphatic carbocycles. The molecule has 3 atom stereocenters. The molecule has 0 saturated heterocycles. The first-order valence-corrected chi connectivity index (χ1v) is 13.7. The van der Waals surface area contributed by atoms with Crippen molar-refractivity contribution in [2.24, 2.45) is 11.3 Å². The first-order valence-electron chi connectivity index (χ1n) is 10.0. The van der Waals surface area contributed by atoms with Crippen molar-refractivity contribution in [3.63, 3.8) is 0 Å². The van der Waals surface area contributed by atoms with Crippen LogP contribution in [0.5, 0.6) is 0 Å². The fourth-order valence-corrected chi connectivity index (χ4v) is 11.8. The van der Waals surface area contributed by atoms with Crippen molar-refractivity contribution >= 4 is 44.8 Å². The topological polar surface area (TPSA) is 59.3 Å². The summed E-state index contributed by atoms with van der Waals surface area (Å²) in [6.07, 6.45) is 1.06. The molecule has 0 heterocycles. The van der Waals surface area contributed by atoms with E-state index >= 15 is 0 Å². The second kappa shape index (κ2) is 10.1. The van der Waals surface area contributed by atoms with Gasteiger partial charge in [0, 0.05) is 0 Å². The third kappa shape index (κ3) is 4.83. The van der Waals surface area contributed by atoms with Crippen molar-refractivity contribution in [2.75, 3.05) is 13.7 Å². The van der Waals surface area contributed by atoms with E-state index in [4.69, 9.17) is 9.47 Å². The van der Waals surface area contributed by atoms with E-state index in [1.54, 1.807) is 7.11 Å². The van der Waals surface area contributed by atoms with Gasteiger partial charge < -0.3 is 0 Å². The number of carbonyl (C=O) groups is 1. The summed E-state index contributed by atoms with van der Waals surface area (Å²) in [5, 5.41) is 10.1. The van der Waals surface area contributed by atoms with Crippen LogP contribution in [0.15, 0.2) is 60.7 Å². The summed E-state index contributed by atoms with van der Waals surface area (Å²) in [5.41, 5.74) is -1.37. The van der Waals surface area contributed by atoms with Crippen LogP contribution in [0, 0.1) is 22.7 Å². The molecule has 1 fully saturated rings. The van der Waals surface area contributed by atoms with Crippen LogP contribution in [-0.4, -0.2) is 55.2 Å². The number of benzene rings is 2. The summed E-state index contributed by atoms with van der Waals surface area (Å²) >= 11 is 0.0237. The molecule has 0 bridgehead atoms. The first kappa shape index (κ1) is 23.1. The van der Waals surface area contributed by atoms with Crippen molar-refractivity contribution in [1.29, 1.82) is 5.26 Å². The second-order valence-electron chi connectivity index (χ2n) is 7.67. The Hall–Kier alpha value is -1.60. The average molecular weight is 535 g/mol. The zero-order chi connectivity index (χ0) is 21.6. The maximum absolute atomic E-state index is 13.6. The Labute approximate surface area is 191 Å². The molecular weight excluding hydrogens is 508 g/mol. The van der Waals surface area contributed by atoms with Gasteiger partial charge in [0.2, 0.25) is 0 Å². The summed E-state index contributed by atoms with van der Waals surface area (Å²) < 4.78 is 14.0. The molecular formula is C24H27NO3Se2. The molecule has 0 amide bonds. The molecule has 0 aromatic heterocycles. The number of hydrogen-bond acceptors (Lipinski definition) is 4. The number of ether oxygens (including phenoxy) is 2. The Kier molecular flexibility index (Phi) is 7.80. The van der Waals surface area contributed by atoms with Crippen LogP contribution in [0.4, 0.5) is 0 Å². The molecule has 1 saturated carbocycles. The molecule has 6 heteroatoms. The zero-order valence-corrected chi connectivity index (χ0v) is 21.0. The number of nitrogens with zero attached hydrogens (tertiary/aromatic N) is 1. The Balaban J connectivity index is 2.10. The standard InChI is InChI=1S/C24H27NO3Se2/c1-4-28-21(26)24(17-23(2,27-3)15-18(24)16-25)22(29-19-11-7-5-8-12-19)30-20-13-9-6-10-14-20/h5-14,18,22H,4,15,17H2,1-3H3/t18-,23+,24-/m0/s1. The van der Waals surface area contributed by atoms with Gasteiger partial charge in [-0.25, -0.2) is 0 Å².